The Morgan fingerprint density at radius 1 is 1.06 bits per heavy atom. The van der Waals surface area contributed by atoms with E-state index < -0.39 is 28.5 Å². The number of halogens is 3. The molecule has 0 aliphatic carbocycles. The maximum absolute atomic E-state index is 10.6. The fraction of sp³-hybridized carbons (Fsp3) is 0.500. The van der Waals surface area contributed by atoms with E-state index in [-0.39, 0.29) is 0 Å². The van der Waals surface area contributed by atoms with Crippen LogP contribution in [0.3, 0.4) is 0 Å². The topological polar surface area (TPSA) is 149 Å². The Morgan fingerprint density at radius 3 is 1.12 bits per heavy atom. The normalized spacial score (nSPS) is 10.1. The van der Waals surface area contributed by atoms with Gasteiger partial charge in [0.25, 0.3) is 5.97 Å². The molecule has 0 aliphatic heterocycles. The molecule has 4 N–H and O–H groups in total. The third-order valence-electron chi connectivity index (χ3n) is 0.243. The van der Waals surface area contributed by atoms with Crippen molar-refractivity contribution in [3.05, 3.63) is 0 Å². The van der Waals surface area contributed by atoms with Crippen molar-refractivity contribution in [3.8, 4) is 0 Å². The Labute approximate surface area is 86.9 Å². The van der Waals surface area contributed by atoms with Crippen molar-refractivity contribution < 1.29 is 50.5 Å². The zero-order valence-electron chi connectivity index (χ0n) is 7.46. The van der Waals surface area contributed by atoms with Crippen molar-refractivity contribution in [1.82, 2.24) is 0 Å². The molecule has 0 unspecified atom stereocenters. The van der Waals surface area contributed by atoms with Crippen molar-refractivity contribution in [2.75, 3.05) is 0 Å². The van der Waals surface area contributed by atoms with Gasteiger partial charge in [0, 0.05) is 6.92 Å². The maximum atomic E-state index is 10.6. The summed E-state index contributed by atoms with van der Waals surface area (Å²) in [4.78, 5) is 17.9. The van der Waals surface area contributed by atoms with Gasteiger partial charge in [0.05, 0.1) is 0 Å². The summed E-state index contributed by atoms with van der Waals surface area (Å²) in [5.74, 6) is -3.59. The number of aliphatic carboxylic acids is 2. The van der Waals surface area contributed by atoms with Crippen LogP contribution in [0, 0.1) is 0 Å². The lowest BCUT2D eigenvalue weighted by Crippen LogP contribution is -2.21. The molecular weight excluding hydrogens is 265 g/mol. The average molecular weight is 272 g/mol. The minimum absolute atomic E-state index is 0.833. The van der Waals surface area contributed by atoms with E-state index in [1.807, 2.05) is 0 Å². The predicted octanol–water partition coefficient (Wildman–Crippen LogP) is 0.0714. The summed E-state index contributed by atoms with van der Waals surface area (Å²) in [5.41, 5.74) is 0. The number of hydrogen-bond acceptors (Lipinski definition) is 4. The fourth-order valence-electron chi connectivity index (χ4n) is 0. The van der Waals surface area contributed by atoms with Gasteiger partial charge in [-0.25, -0.2) is 4.79 Å². The van der Waals surface area contributed by atoms with Gasteiger partial charge in [0.15, 0.2) is 0 Å². The molecule has 98 valence electrons. The predicted molar refractivity (Wildman–Crippen MR) is 41.2 cm³/mol. The van der Waals surface area contributed by atoms with Gasteiger partial charge in [0.1, 0.15) is 0 Å². The largest absolute Gasteiger partial charge is 0.490 e. The molecule has 0 bridgehead atoms. The van der Waals surface area contributed by atoms with Crippen LogP contribution in [0.1, 0.15) is 6.92 Å². The Kier molecular flexibility index (Phi) is 9.83. The second-order valence-corrected chi connectivity index (χ2v) is 2.67. The van der Waals surface area contributed by atoms with Crippen molar-refractivity contribution in [2.45, 2.75) is 13.1 Å². The number of carboxylic acids is 2. The standard InChI is InChI=1S/C2HF3O2.C2H4O2.H2O4S/c3-2(4,5)1(6)7;1-2(3)4;1-5(2,3)4/h(H,6,7);1H3,(H,3,4);(H2,1,2,3,4). The van der Waals surface area contributed by atoms with Crippen LogP contribution in [0.5, 0.6) is 0 Å². The number of alkyl halides is 3. The van der Waals surface area contributed by atoms with Crippen LogP contribution in [-0.2, 0) is 20.0 Å². The molecule has 0 aromatic heterocycles. The zero-order chi connectivity index (χ0) is 14.2. The van der Waals surface area contributed by atoms with Gasteiger partial charge < -0.3 is 10.2 Å². The van der Waals surface area contributed by atoms with E-state index >= 15 is 0 Å². The van der Waals surface area contributed by atoms with Crippen LogP contribution in [0.25, 0.3) is 0 Å². The van der Waals surface area contributed by atoms with Crippen molar-refractivity contribution in [1.29, 1.82) is 0 Å². The van der Waals surface area contributed by atoms with Gasteiger partial charge in [-0.3, -0.25) is 13.9 Å². The molecule has 0 aliphatic rings. The monoisotopic (exact) mass is 272 g/mol. The van der Waals surface area contributed by atoms with Crippen molar-refractivity contribution >= 4 is 22.3 Å². The summed E-state index contributed by atoms with van der Waals surface area (Å²) in [6.07, 6.45) is -5.08. The zero-order valence-corrected chi connectivity index (χ0v) is 8.28. The minimum Gasteiger partial charge on any atom is -0.481 e. The van der Waals surface area contributed by atoms with E-state index in [0.717, 1.165) is 6.92 Å². The summed E-state index contributed by atoms with van der Waals surface area (Å²) >= 11 is 0. The quantitative estimate of drug-likeness (QED) is 0.452. The molecule has 0 atom stereocenters. The molecule has 0 radical (unpaired) electrons. The molecule has 0 aromatic carbocycles. The first-order valence-corrected chi connectivity index (χ1v) is 4.27. The van der Waals surface area contributed by atoms with Crippen LogP contribution in [0.15, 0.2) is 0 Å². The maximum Gasteiger partial charge on any atom is 0.490 e. The minimum atomic E-state index is -5.08. The molecule has 0 amide bonds. The lowest BCUT2D eigenvalue weighted by Gasteiger charge is -1.93. The van der Waals surface area contributed by atoms with E-state index in [1.165, 1.54) is 0 Å². The lowest BCUT2D eigenvalue weighted by atomic mass is 10.7. The number of rotatable bonds is 0. The van der Waals surface area contributed by atoms with E-state index in [9.17, 15) is 13.2 Å². The molecular formula is C4H7F3O8S. The van der Waals surface area contributed by atoms with Crippen molar-refractivity contribution in [3.63, 3.8) is 0 Å². The highest BCUT2D eigenvalue weighted by Crippen LogP contribution is 2.13. The van der Waals surface area contributed by atoms with Gasteiger partial charge in [-0.05, 0) is 0 Å². The molecule has 0 aromatic rings. The van der Waals surface area contributed by atoms with E-state index in [0.29, 0.717) is 0 Å². The second kappa shape index (κ2) is 7.84. The third-order valence-corrected chi connectivity index (χ3v) is 0.243. The Morgan fingerprint density at radius 2 is 1.12 bits per heavy atom. The summed E-state index contributed by atoms with van der Waals surface area (Å²) in [5, 5.41) is 14.5. The molecule has 8 nitrogen and oxygen atoms in total. The summed E-state index contributed by atoms with van der Waals surface area (Å²) in [6, 6.07) is 0. The Bertz CT molecular complexity index is 305. The first kappa shape index (κ1) is 20.1. The highest BCUT2D eigenvalue weighted by molar-refractivity contribution is 7.79. The van der Waals surface area contributed by atoms with Crippen LogP contribution < -0.4 is 0 Å². The van der Waals surface area contributed by atoms with Gasteiger partial charge in [-0.1, -0.05) is 0 Å². The number of hydrogen-bond donors (Lipinski definition) is 4. The van der Waals surface area contributed by atoms with Crippen LogP contribution in [-0.4, -0.2) is 45.9 Å². The van der Waals surface area contributed by atoms with E-state index in [1.54, 1.807) is 0 Å². The number of carbonyl (C=O) groups is 2. The molecule has 0 spiro atoms. The lowest BCUT2D eigenvalue weighted by molar-refractivity contribution is -0.192. The SMILES string of the molecule is CC(=O)O.O=C(O)C(F)(F)F.O=S(=O)(O)O. The molecule has 0 saturated carbocycles. The third kappa shape index (κ3) is 80.1. The Balaban J connectivity index is -0.000000166. The van der Waals surface area contributed by atoms with Gasteiger partial charge in [-0.2, -0.15) is 21.6 Å². The highest BCUT2D eigenvalue weighted by atomic mass is 32.3. The van der Waals surface area contributed by atoms with Gasteiger partial charge in [0.2, 0.25) is 0 Å². The summed E-state index contributed by atoms with van der Waals surface area (Å²) < 4.78 is 63.3. The van der Waals surface area contributed by atoms with E-state index in [2.05, 4.69) is 0 Å². The fourth-order valence-corrected chi connectivity index (χ4v) is 0. The smallest absolute Gasteiger partial charge is 0.481 e. The molecule has 0 heterocycles. The molecule has 0 fully saturated rings. The highest BCUT2D eigenvalue weighted by Gasteiger charge is 2.38. The summed E-state index contributed by atoms with van der Waals surface area (Å²) in [7, 11) is -4.67. The van der Waals surface area contributed by atoms with Gasteiger partial charge in [-0.15, -0.1) is 0 Å². The van der Waals surface area contributed by atoms with E-state index in [4.69, 9.17) is 37.3 Å². The first-order valence-electron chi connectivity index (χ1n) is 2.87. The molecule has 0 rings (SSSR count). The van der Waals surface area contributed by atoms with Crippen LogP contribution >= 0.6 is 0 Å². The number of carboxylic acid groups (broad SMARTS) is 2. The van der Waals surface area contributed by atoms with Gasteiger partial charge >= 0.3 is 22.5 Å². The van der Waals surface area contributed by atoms with Crippen LogP contribution in [0.2, 0.25) is 0 Å². The molecule has 12 heteroatoms. The molecule has 0 saturated heterocycles. The Hall–Kier alpha value is -1.40. The first-order chi connectivity index (χ1) is 6.68. The second-order valence-electron chi connectivity index (χ2n) is 1.77. The summed E-state index contributed by atoms with van der Waals surface area (Å²) in [6.45, 7) is 1.08. The molecule has 16 heavy (non-hydrogen) atoms. The van der Waals surface area contributed by atoms with Crippen molar-refractivity contribution in [2.24, 2.45) is 0 Å². The van der Waals surface area contributed by atoms with Crippen LogP contribution in [0.4, 0.5) is 13.2 Å². The average Bonchev–Trinajstić information content (AvgIpc) is 1.77.